The second-order valence-electron chi connectivity index (χ2n) is 7.01. The van der Waals surface area contributed by atoms with Crippen molar-refractivity contribution in [3.63, 3.8) is 0 Å². The van der Waals surface area contributed by atoms with Crippen molar-refractivity contribution >= 4 is 34.2 Å². The van der Waals surface area contributed by atoms with Gasteiger partial charge in [0, 0.05) is 29.7 Å². The van der Waals surface area contributed by atoms with Crippen LogP contribution in [0.1, 0.15) is 35.7 Å². The lowest BCUT2D eigenvalue weighted by atomic mass is 10.00. The molecule has 1 aliphatic heterocycles. The predicted molar refractivity (Wildman–Crippen MR) is 106 cm³/mol. The molecular formula is C20H26ClN3O2. The van der Waals surface area contributed by atoms with Crippen molar-refractivity contribution in [1.29, 1.82) is 0 Å². The fraction of sp³-hybridized carbons (Fsp3) is 0.500. The number of carbonyl (C=O) groups is 1. The number of nitrogens with zero attached hydrogens (tertiary/aromatic N) is 3. The van der Waals surface area contributed by atoms with E-state index in [1.807, 2.05) is 26.0 Å². The number of likely N-dealkylation sites (tertiary alicyclic amines) is 1. The standard InChI is InChI=1S/C20H26ClN3O2/c1-5-26-20(25)17-12-22-18-13(2)10-14(21)11-16(18)19(17)24(4)15-6-8-23(3)9-7-15/h10-12,15H,5-9H2,1-4H3. The number of hydrogen-bond acceptors (Lipinski definition) is 5. The molecule has 2 heterocycles. The molecule has 26 heavy (non-hydrogen) atoms. The fourth-order valence-electron chi connectivity index (χ4n) is 3.73. The molecule has 0 amide bonds. The fourth-order valence-corrected chi connectivity index (χ4v) is 4.00. The Morgan fingerprint density at radius 1 is 1.38 bits per heavy atom. The van der Waals surface area contributed by atoms with Gasteiger partial charge in [-0.15, -0.1) is 0 Å². The summed E-state index contributed by atoms with van der Waals surface area (Å²) in [6.07, 6.45) is 3.75. The van der Waals surface area contributed by atoms with Gasteiger partial charge in [0.1, 0.15) is 5.56 Å². The number of anilines is 1. The van der Waals surface area contributed by atoms with E-state index >= 15 is 0 Å². The molecule has 0 atom stereocenters. The summed E-state index contributed by atoms with van der Waals surface area (Å²) < 4.78 is 5.29. The highest BCUT2D eigenvalue weighted by atomic mass is 35.5. The molecule has 1 aliphatic rings. The lowest BCUT2D eigenvalue weighted by molar-refractivity contribution is 0.0526. The number of hydrogen-bond donors (Lipinski definition) is 0. The summed E-state index contributed by atoms with van der Waals surface area (Å²) in [6.45, 7) is 6.24. The molecule has 0 bridgehead atoms. The molecule has 0 unspecified atom stereocenters. The average molecular weight is 376 g/mol. The van der Waals surface area contributed by atoms with Gasteiger partial charge in [-0.1, -0.05) is 11.6 Å². The van der Waals surface area contributed by atoms with Crippen LogP contribution in [0.15, 0.2) is 18.3 Å². The number of aromatic nitrogens is 1. The molecule has 0 aliphatic carbocycles. The number of carbonyl (C=O) groups excluding carboxylic acids is 1. The number of aryl methyl sites for hydroxylation is 1. The average Bonchev–Trinajstić information content (AvgIpc) is 2.61. The first-order valence-corrected chi connectivity index (χ1v) is 9.47. The largest absolute Gasteiger partial charge is 0.462 e. The van der Waals surface area contributed by atoms with Crippen molar-refractivity contribution in [2.45, 2.75) is 32.7 Å². The van der Waals surface area contributed by atoms with E-state index in [9.17, 15) is 4.79 Å². The van der Waals surface area contributed by atoms with Gasteiger partial charge in [-0.3, -0.25) is 4.98 Å². The Kier molecular flexibility index (Phi) is 5.68. The minimum absolute atomic E-state index is 0.336. The molecular weight excluding hydrogens is 350 g/mol. The van der Waals surface area contributed by atoms with Gasteiger partial charge in [-0.25, -0.2) is 4.79 Å². The van der Waals surface area contributed by atoms with Crippen LogP contribution in [0.25, 0.3) is 10.9 Å². The molecule has 3 rings (SSSR count). The topological polar surface area (TPSA) is 45.7 Å². The summed E-state index contributed by atoms with van der Waals surface area (Å²) in [4.78, 5) is 21.7. The number of fused-ring (bicyclic) bond motifs is 1. The van der Waals surface area contributed by atoms with Crippen LogP contribution in [0.3, 0.4) is 0 Å². The Bertz CT molecular complexity index is 816. The predicted octanol–water partition coefficient (Wildman–Crippen LogP) is 3.90. The van der Waals surface area contributed by atoms with Gasteiger partial charge in [-0.2, -0.15) is 0 Å². The van der Waals surface area contributed by atoms with Crippen molar-refractivity contribution < 1.29 is 9.53 Å². The Labute approximate surface area is 159 Å². The lowest BCUT2D eigenvalue weighted by Gasteiger charge is -2.37. The van der Waals surface area contributed by atoms with E-state index in [0.29, 0.717) is 23.2 Å². The van der Waals surface area contributed by atoms with Gasteiger partial charge >= 0.3 is 5.97 Å². The Morgan fingerprint density at radius 2 is 2.08 bits per heavy atom. The van der Waals surface area contributed by atoms with Gasteiger partial charge in [0.15, 0.2) is 0 Å². The highest BCUT2D eigenvalue weighted by molar-refractivity contribution is 6.31. The summed E-state index contributed by atoms with van der Waals surface area (Å²) in [7, 11) is 4.20. The first-order chi connectivity index (χ1) is 12.4. The van der Waals surface area contributed by atoms with Gasteiger partial charge in [0.05, 0.1) is 17.8 Å². The van der Waals surface area contributed by atoms with E-state index in [0.717, 1.165) is 48.1 Å². The molecule has 5 nitrogen and oxygen atoms in total. The van der Waals surface area contributed by atoms with Gasteiger partial charge in [0.25, 0.3) is 0 Å². The van der Waals surface area contributed by atoms with Crippen LogP contribution in [0.4, 0.5) is 5.69 Å². The quantitative estimate of drug-likeness (QED) is 0.758. The first kappa shape index (κ1) is 18.9. The first-order valence-electron chi connectivity index (χ1n) is 9.09. The van der Waals surface area contributed by atoms with Crippen LogP contribution in [0.5, 0.6) is 0 Å². The Morgan fingerprint density at radius 3 is 2.73 bits per heavy atom. The van der Waals surface area contributed by atoms with E-state index in [1.54, 1.807) is 6.20 Å². The van der Waals surface area contributed by atoms with E-state index in [2.05, 4.69) is 28.9 Å². The molecule has 140 valence electrons. The molecule has 6 heteroatoms. The van der Waals surface area contributed by atoms with Crippen molar-refractivity contribution in [2.24, 2.45) is 0 Å². The van der Waals surface area contributed by atoms with Crippen LogP contribution in [0.2, 0.25) is 5.02 Å². The minimum Gasteiger partial charge on any atom is -0.462 e. The minimum atomic E-state index is -0.339. The van der Waals surface area contributed by atoms with Gasteiger partial charge in [-0.05, 0) is 64.5 Å². The van der Waals surface area contributed by atoms with E-state index in [-0.39, 0.29) is 5.97 Å². The lowest BCUT2D eigenvalue weighted by Crippen LogP contribution is -2.42. The van der Waals surface area contributed by atoms with E-state index in [1.165, 1.54) is 0 Å². The molecule has 0 spiro atoms. The van der Waals surface area contributed by atoms with E-state index in [4.69, 9.17) is 16.3 Å². The van der Waals surface area contributed by atoms with Crippen LogP contribution in [-0.4, -0.2) is 55.7 Å². The summed E-state index contributed by atoms with van der Waals surface area (Å²) in [5.41, 5.74) is 3.24. The van der Waals surface area contributed by atoms with Crippen molar-refractivity contribution in [3.05, 3.63) is 34.5 Å². The number of halogens is 1. The van der Waals surface area contributed by atoms with Gasteiger partial charge in [0.2, 0.25) is 0 Å². The Hall–Kier alpha value is -1.85. The number of rotatable bonds is 4. The molecule has 1 saturated heterocycles. The van der Waals surface area contributed by atoms with Crippen molar-refractivity contribution in [1.82, 2.24) is 9.88 Å². The maximum atomic E-state index is 12.6. The highest BCUT2D eigenvalue weighted by Gasteiger charge is 2.27. The smallest absolute Gasteiger partial charge is 0.341 e. The monoisotopic (exact) mass is 375 g/mol. The van der Waals surface area contributed by atoms with Crippen molar-refractivity contribution in [3.8, 4) is 0 Å². The normalized spacial score (nSPS) is 16.0. The third-order valence-electron chi connectivity index (χ3n) is 5.18. The summed E-state index contributed by atoms with van der Waals surface area (Å²) in [5.74, 6) is -0.339. The molecule has 0 N–H and O–H groups in total. The third kappa shape index (κ3) is 3.64. The van der Waals surface area contributed by atoms with Crippen LogP contribution < -0.4 is 4.90 Å². The SMILES string of the molecule is CCOC(=O)c1cnc2c(C)cc(Cl)cc2c1N(C)C1CCN(C)CC1. The number of benzene rings is 1. The zero-order valence-electron chi connectivity index (χ0n) is 15.9. The van der Waals surface area contributed by atoms with Crippen molar-refractivity contribution in [2.75, 3.05) is 38.7 Å². The van der Waals surface area contributed by atoms with Crippen LogP contribution in [0, 0.1) is 6.92 Å². The summed E-state index contributed by atoms with van der Waals surface area (Å²) in [6, 6.07) is 4.17. The summed E-state index contributed by atoms with van der Waals surface area (Å²) in [5, 5.41) is 1.55. The highest BCUT2D eigenvalue weighted by Crippen LogP contribution is 2.35. The zero-order valence-corrected chi connectivity index (χ0v) is 16.6. The number of esters is 1. The Balaban J connectivity index is 2.15. The number of pyridine rings is 1. The number of piperidine rings is 1. The van der Waals surface area contributed by atoms with Crippen LogP contribution in [-0.2, 0) is 4.74 Å². The van der Waals surface area contributed by atoms with Gasteiger partial charge < -0.3 is 14.5 Å². The second kappa shape index (κ2) is 7.80. The van der Waals surface area contributed by atoms with E-state index < -0.39 is 0 Å². The molecule has 0 saturated carbocycles. The molecule has 1 aromatic heterocycles. The molecule has 2 aromatic rings. The van der Waals surface area contributed by atoms with Crippen LogP contribution >= 0.6 is 11.6 Å². The maximum Gasteiger partial charge on any atom is 0.341 e. The third-order valence-corrected chi connectivity index (χ3v) is 5.40. The summed E-state index contributed by atoms with van der Waals surface area (Å²) >= 11 is 6.33. The number of ether oxygens (including phenoxy) is 1. The molecule has 1 fully saturated rings. The second-order valence-corrected chi connectivity index (χ2v) is 7.44. The zero-order chi connectivity index (χ0) is 18.8. The molecule has 0 radical (unpaired) electrons. The maximum absolute atomic E-state index is 12.6. The molecule has 1 aromatic carbocycles.